The summed E-state index contributed by atoms with van der Waals surface area (Å²) in [7, 11) is 0. The van der Waals surface area contributed by atoms with Crippen LogP contribution < -0.4 is 10.1 Å². The summed E-state index contributed by atoms with van der Waals surface area (Å²) in [4.78, 5) is 4.22. The second kappa shape index (κ2) is 6.52. The molecule has 0 unspecified atom stereocenters. The number of ether oxygens (including phenoxy) is 1. The van der Waals surface area contributed by atoms with Gasteiger partial charge in [0.05, 0.1) is 0 Å². The number of hydrogen-bond donors (Lipinski definition) is 1. The van der Waals surface area contributed by atoms with Crippen molar-refractivity contribution in [1.29, 1.82) is 0 Å². The lowest BCUT2D eigenvalue weighted by Gasteiger charge is -2.11. The van der Waals surface area contributed by atoms with Gasteiger partial charge in [0.2, 0.25) is 0 Å². The summed E-state index contributed by atoms with van der Waals surface area (Å²) in [5, 5.41) is 3.14. The van der Waals surface area contributed by atoms with Gasteiger partial charge in [-0.1, -0.05) is 22.0 Å². The molecule has 1 aromatic carbocycles. The largest absolute Gasteiger partial charge is 0.486 e. The molecule has 0 aliphatic rings. The van der Waals surface area contributed by atoms with Crippen LogP contribution in [0, 0.1) is 5.82 Å². The monoisotopic (exact) mass is 324 g/mol. The van der Waals surface area contributed by atoms with E-state index in [1.165, 1.54) is 6.07 Å². The Kier molecular flexibility index (Phi) is 4.74. The van der Waals surface area contributed by atoms with Crippen molar-refractivity contribution >= 4 is 21.7 Å². The highest BCUT2D eigenvalue weighted by Crippen LogP contribution is 2.23. The van der Waals surface area contributed by atoms with E-state index in [1.807, 2.05) is 19.1 Å². The lowest BCUT2D eigenvalue weighted by molar-refractivity contribution is 0.290. The minimum atomic E-state index is -0.386. The Morgan fingerprint density at radius 1 is 1.37 bits per heavy atom. The van der Waals surface area contributed by atoms with Gasteiger partial charge >= 0.3 is 0 Å². The number of aromatic nitrogens is 1. The van der Waals surface area contributed by atoms with Crippen molar-refractivity contribution in [2.24, 2.45) is 0 Å². The van der Waals surface area contributed by atoms with Gasteiger partial charge in [0, 0.05) is 22.8 Å². The minimum Gasteiger partial charge on any atom is -0.486 e. The van der Waals surface area contributed by atoms with E-state index < -0.39 is 0 Å². The number of nitrogens with zero attached hydrogens (tertiary/aromatic N) is 1. The molecule has 2 aromatic rings. The van der Waals surface area contributed by atoms with E-state index in [2.05, 4.69) is 26.2 Å². The molecule has 0 saturated carbocycles. The topological polar surface area (TPSA) is 34.2 Å². The lowest BCUT2D eigenvalue weighted by atomic mass is 10.2. The highest BCUT2D eigenvalue weighted by Gasteiger charge is 2.07. The number of nitrogens with one attached hydrogen (secondary N) is 1. The molecule has 0 aliphatic heterocycles. The van der Waals surface area contributed by atoms with E-state index in [4.69, 9.17) is 4.74 Å². The summed E-state index contributed by atoms with van der Waals surface area (Å²) in [6.07, 6.45) is 1.71. The molecule has 19 heavy (non-hydrogen) atoms. The number of hydrogen-bond acceptors (Lipinski definition) is 3. The Hall–Kier alpha value is -1.62. The van der Waals surface area contributed by atoms with Crippen molar-refractivity contribution in [2.75, 3.05) is 11.9 Å². The van der Waals surface area contributed by atoms with Crippen LogP contribution >= 0.6 is 15.9 Å². The average Bonchev–Trinajstić information content (AvgIpc) is 2.40. The average molecular weight is 325 g/mol. The van der Waals surface area contributed by atoms with Crippen molar-refractivity contribution in [2.45, 2.75) is 13.5 Å². The van der Waals surface area contributed by atoms with Crippen LogP contribution in [0.15, 0.2) is 41.0 Å². The van der Waals surface area contributed by atoms with Gasteiger partial charge in [-0.05, 0) is 31.2 Å². The molecule has 2 rings (SSSR count). The molecule has 0 spiro atoms. The predicted octanol–water partition coefficient (Wildman–Crippen LogP) is 3.99. The maximum absolute atomic E-state index is 13.6. The zero-order valence-corrected chi connectivity index (χ0v) is 12.1. The second-order valence-corrected chi connectivity index (χ2v) is 4.82. The van der Waals surface area contributed by atoms with Crippen LogP contribution in [0.3, 0.4) is 0 Å². The third-order valence-corrected chi connectivity index (χ3v) is 3.01. The van der Waals surface area contributed by atoms with Crippen LogP contribution in [0.1, 0.15) is 12.5 Å². The molecule has 5 heteroatoms. The molecule has 1 aromatic heterocycles. The summed E-state index contributed by atoms with van der Waals surface area (Å²) in [6.45, 7) is 3.04. The normalized spacial score (nSPS) is 10.3. The molecule has 3 nitrogen and oxygen atoms in total. The molecule has 100 valence electrons. The fraction of sp³-hybridized carbons (Fsp3) is 0.214. The molecule has 0 amide bonds. The van der Waals surface area contributed by atoms with Crippen molar-refractivity contribution in [3.05, 3.63) is 52.4 Å². The van der Waals surface area contributed by atoms with Crippen LogP contribution in [-0.2, 0) is 6.61 Å². The summed E-state index contributed by atoms with van der Waals surface area (Å²) >= 11 is 3.21. The SMILES string of the molecule is CCNc1ncccc1COc1ccc(Br)cc1F. The number of halogens is 2. The van der Waals surface area contributed by atoms with E-state index in [0.717, 1.165) is 17.9 Å². The zero-order valence-electron chi connectivity index (χ0n) is 10.5. The second-order valence-electron chi connectivity index (χ2n) is 3.90. The Labute approximate surface area is 119 Å². The van der Waals surface area contributed by atoms with Gasteiger partial charge in [-0.3, -0.25) is 0 Å². The first kappa shape index (κ1) is 13.8. The number of pyridine rings is 1. The van der Waals surface area contributed by atoms with Gasteiger partial charge in [-0.15, -0.1) is 0 Å². The third kappa shape index (κ3) is 3.67. The van der Waals surface area contributed by atoms with Crippen LogP contribution in [0.5, 0.6) is 5.75 Å². The predicted molar refractivity (Wildman–Crippen MR) is 76.8 cm³/mol. The number of rotatable bonds is 5. The summed E-state index contributed by atoms with van der Waals surface area (Å²) in [5.74, 6) is 0.611. The van der Waals surface area contributed by atoms with Gasteiger partial charge in [0.15, 0.2) is 11.6 Å². The molecule has 1 N–H and O–H groups in total. The summed E-state index contributed by atoms with van der Waals surface area (Å²) in [6, 6.07) is 8.46. The van der Waals surface area contributed by atoms with E-state index in [1.54, 1.807) is 18.3 Å². The molecule has 0 atom stereocenters. The smallest absolute Gasteiger partial charge is 0.166 e. The summed E-state index contributed by atoms with van der Waals surface area (Å²) in [5.41, 5.74) is 0.895. The Morgan fingerprint density at radius 3 is 2.95 bits per heavy atom. The lowest BCUT2D eigenvalue weighted by Crippen LogP contribution is -2.06. The Balaban J connectivity index is 2.10. The van der Waals surface area contributed by atoms with Crippen molar-refractivity contribution in [3.63, 3.8) is 0 Å². The van der Waals surface area contributed by atoms with Gasteiger partial charge in [0.25, 0.3) is 0 Å². The molecule has 0 saturated heterocycles. The van der Waals surface area contributed by atoms with Crippen molar-refractivity contribution < 1.29 is 9.13 Å². The maximum Gasteiger partial charge on any atom is 0.166 e. The molecule has 0 fully saturated rings. The van der Waals surface area contributed by atoms with Gasteiger partial charge in [-0.25, -0.2) is 9.37 Å². The van der Waals surface area contributed by atoms with Gasteiger partial charge < -0.3 is 10.1 Å². The van der Waals surface area contributed by atoms with Crippen LogP contribution in [0.4, 0.5) is 10.2 Å². The third-order valence-electron chi connectivity index (χ3n) is 2.51. The van der Waals surface area contributed by atoms with Crippen molar-refractivity contribution in [1.82, 2.24) is 4.98 Å². The Bertz CT molecular complexity index is 563. The van der Waals surface area contributed by atoms with Crippen LogP contribution in [0.25, 0.3) is 0 Å². The minimum absolute atomic E-state index is 0.231. The first-order chi connectivity index (χ1) is 9.20. The highest BCUT2D eigenvalue weighted by molar-refractivity contribution is 9.10. The molecule has 0 bridgehead atoms. The van der Waals surface area contributed by atoms with E-state index >= 15 is 0 Å². The van der Waals surface area contributed by atoms with E-state index in [-0.39, 0.29) is 18.2 Å². The zero-order chi connectivity index (χ0) is 13.7. The van der Waals surface area contributed by atoms with Gasteiger partial charge in [0.1, 0.15) is 12.4 Å². The van der Waals surface area contributed by atoms with E-state index in [9.17, 15) is 4.39 Å². The molecule has 0 radical (unpaired) electrons. The molecular formula is C14H14BrFN2O. The van der Waals surface area contributed by atoms with E-state index in [0.29, 0.717) is 4.47 Å². The first-order valence-electron chi connectivity index (χ1n) is 5.96. The number of benzene rings is 1. The maximum atomic E-state index is 13.6. The van der Waals surface area contributed by atoms with Gasteiger partial charge in [-0.2, -0.15) is 0 Å². The van der Waals surface area contributed by atoms with Crippen molar-refractivity contribution in [3.8, 4) is 5.75 Å². The molecular weight excluding hydrogens is 311 g/mol. The standard InChI is InChI=1S/C14H14BrFN2O/c1-2-17-14-10(4-3-7-18-14)9-19-13-6-5-11(15)8-12(13)16/h3-8H,2,9H2,1H3,(H,17,18). The molecule has 1 heterocycles. The summed E-state index contributed by atoms with van der Waals surface area (Å²) < 4.78 is 19.8. The fourth-order valence-electron chi connectivity index (χ4n) is 1.63. The fourth-order valence-corrected chi connectivity index (χ4v) is 1.96. The van der Waals surface area contributed by atoms with Crippen LogP contribution in [0.2, 0.25) is 0 Å². The Morgan fingerprint density at radius 2 is 2.21 bits per heavy atom. The highest BCUT2D eigenvalue weighted by atomic mass is 79.9. The quantitative estimate of drug-likeness (QED) is 0.902. The number of anilines is 1. The first-order valence-corrected chi connectivity index (χ1v) is 6.75. The molecule has 0 aliphatic carbocycles. The van der Waals surface area contributed by atoms with Crippen LogP contribution in [-0.4, -0.2) is 11.5 Å².